The molecule has 1 atom stereocenters. The Kier molecular flexibility index (Phi) is 2.70. The van der Waals surface area contributed by atoms with E-state index >= 15 is 0 Å². The molecule has 0 radical (unpaired) electrons. The number of halogens is 1. The summed E-state index contributed by atoms with van der Waals surface area (Å²) in [5, 5.41) is 9.12. The van der Waals surface area contributed by atoms with Gasteiger partial charge in [-0.2, -0.15) is 5.26 Å². The molecule has 1 aromatic carbocycles. The monoisotopic (exact) mass is 205 g/mol. The highest BCUT2D eigenvalue weighted by atomic mass is 19.1. The lowest BCUT2D eigenvalue weighted by Gasteiger charge is -2.17. The maximum atomic E-state index is 13.0. The zero-order chi connectivity index (χ0) is 10.7. The van der Waals surface area contributed by atoms with Crippen LogP contribution in [0.3, 0.4) is 0 Å². The summed E-state index contributed by atoms with van der Waals surface area (Å²) in [5.41, 5.74) is 0.412. The van der Waals surface area contributed by atoms with Crippen molar-refractivity contribution in [3.63, 3.8) is 0 Å². The van der Waals surface area contributed by atoms with Crippen LogP contribution in [0.1, 0.15) is 12.0 Å². The molecule has 1 aromatic rings. The fourth-order valence-corrected chi connectivity index (χ4v) is 1.91. The minimum absolute atomic E-state index is 0.250. The van der Waals surface area contributed by atoms with E-state index in [1.807, 2.05) is 6.07 Å². The Labute approximate surface area is 88.3 Å². The molecule has 0 N–H and O–H groups in total. The van der Waals surface area contributed by atoms with E-state index in [0.717, 1.165) is 12.0 Å². The van der Waals surface area contributed by atoms with Crippen LogP contribution in [0.15, 0.2) is 24.3 Å². The molecule has 1 aliphatic rings. The van der Waals surface area contributed by atoms with Crippen LogP contribution in [0.5, 0.6) is 0 Å². The summed E-state index contributed by atoms with van der Waals surface area (Å²) in [6, 6.07) is 8.71. The molecular weight excluding hydrogens is 193 g/mol. The molecule has 0 aromatic heterocycles. The maximum absolute atomic E-state index is 13.0. The van der Waals surface area contributed by atoms with Crippen LogP contribution >= 0.6 is 0 Å². The van der Waals surface area contributed by atoms with Crippen molar-refractivity contribution in [3.8, 4) is 6.07 Å². The summed E-state index contributed by atoms with van der Waals surface area (Å²) in [4.78, 5) is 0. The largest absolute Gasteiger partial charge is 0.380 e. The molecule has 1 heterocycles. The smallest absolute Gasteiger partial charge is 0.123 e. The predicted octanol–water partition coefficient (Wildman–Crippen LogP) is 2.30. The molecule has 3 heteroatoms. The van der Waals surface area contributed by atoms with Crippen LogP contribution in [-0.2, 0) is 11.2 Å². The van der Waals surface area contributed by atoms with Crippen LogP contribution in [0.25, 0.3) is 0 Å². The van der Waals surface area contributed by atoms with Crippen molar-refractivity contribution in [2.24, 2.45) is 5.41 Å². The highest BCUT2D eigenvalue weighted by Crippen LogP contribution is 2.31. The molecule has 0 amide bonds. The number of rotatable bonds is 2. The van der Waals surface area contributed by atoms with Gasteiger partial charge in [0.25, 0.3) is 0 Å². The Morgan fingerprint density at radius 1 is 1.53 bits per heavy atom. The molecule has 0 aliphatic carbocycles. The molecule has 1 aliphatic heterocycles. The molecular formula is C12H12FNO. The lowest BCUT2D eigenvalue weighted by Crippen LogP contribution is -2.21. The molecule has 15 heavy (non-hydrogen) atoms. The van der Waals surface area contributed by atoms with Crippen LogP contribution in [-0.4, -0.2) is 13.2 Å². The number of nitriles is 1. The maximum Gasteiger partial charge on any atom is 0.123 e. The Morgan fingerprint density at radius 3 is 3.00 bits per heavy atom. The molecule has 78 valence electrons. The molecule has 2 nitrogen and oxygen atoms in total. The average molecular weight is 205 g/mol. The third kappa shape index (κ3) is 2.16. The third-order valence-electron chi connectivity index (χ3n) is 2.77. The summed E-state index contributed by atoms with van der Waals surface area (Å²) in [6.45, 7) is 1.09. The van der Waals surface area contributed by atoms with Gasteiger partial charge in [-0.1, -0.05) is 12.1 Å². The number of ether oxygens (including phenoxy) is 1. The van der Waals surface area contributed by atoms with Crippen molar-refractivity contribution in [2.75, 3.05) is 13.2 Å². The fourth-order valence-electron chi connectivity index (χ4n) is 1.91. The summed E-state index contributed by atoms with van der Waals surface area (Å²) in [6.07, 6.45) is 1.31. The van der Waals surface area contributed by atoms with Gasteiger partial charge in [-0.05, 0) is 30.5 Å². The normalized spacial score (nSPS) is 25.1. The van der Waals surface area contributed by atoms with Crippen molar-refractivity contribution in [3.05, 3.63) is 35.6 Å². The quantitative estimate of drug-likeness (QED) is 0.742. The van der Waals surface area contributed by atoms with Gasteiger partial charge in [-0.3, -0.25) is 0 Å². The predicted molar refractivity (Wildman–Crippen MR) is 53.6 cm³/mol. The van der Waals surface area contributed by atoms with Crippen molar-refractivity contribution >= 4 is 0 Å². The third-order valence-corrected chi connectivity index (χ3v) is 2.77. The lowest BCUT2D eigenvalue weighted by molar-refractivity contribution is 0.171. The number of benzene rings is 1. The molecule has 0 spiro atoms. The van der Waals surface area contributed by atoms with E-state index in [2.05, 4.69) is 6.07 Å². The van der Waals surface area contributed by atoms with E-state index in [0.29, 0.717) is 19.6 Å². The highest BCUT2D eigenvalue weighted by molar-refractivity contribution is 5.21. The molecule has 1 unspecified atom stereocenters. The SMILES string of the molecule is N#CC1(Cc2cccc(F)c2)CCOC1. The van der Waals surface area contributed by atoms with Crippen LogP contribution in [0, 0.1) is 22.6 Å². The molecule has 1 fully saturated rings. The lowest BCUT2D eigenvalue weighted by atomic mass is 9.82. The van der Waals surface area contributed by atoms with Gasteiger partial charge in [0.1, 0.15) is 5.82 Å². The summed E-state index contributed by atoms with van der Waals surface area (Å²) in [7, 11) is 0. The van der Waals surface area contributed by atoms with Crippen LogP contribution in [0.2, 0.25) is 0 Å². The zero-order valence-corrected chi connectivity index (χ0v) is 8.37. The first-order chi connectivity index (χ1) is 7.24. The van der Waals surface area contributed by atoms with E-state index in [-0.39, 0.29) is 5.82 Å². The minimum atomic E-state index is -0.451. The van der Waals surface area contributed by atoms with Gasteiger partial charge in [0, 0.05) is 6.61 Å². The number of hydrogen-bond donors (Lipinski definition) is 0. The first kappa shape index (κ1) is 10.1. The Hall–Kier alpha value is -1.40. The highest BCUT2D eigenvalue weighted by Gasteiger charge is 2.35. The van der Waals surface area contributed by atoms with Crippen molar-refractivity contribution in [1.82, 2.24) is 0 Å². The Morgan fingerprint density at radius 2 is 2.40 bits per heavy atom. The topological polar surface area (TPSA) is 33.0 Å². The summed E-state index contributed by atoms with van der Waals surface area (Å²) < 4.78 is 18.2. The molecule has 1 saturated heterocycles. The van der Waals surface area contributed by atoms with E-state index < -0.39 is 5.41 Å². The first-order valence-corrected chi connectivity index (χ1v) is 4.98. The van der Waals surface area contributed by atoms with E-state index in [9.17, 15) is 4.39 Å². The van der Waals surface area contributed by atoms with Gasteiger partial charge in [0.05, 0.1) is 18.1 Å². The van der Waals surface area contributed by atoms with Crippen molar-refractivity contribution in [2.45, 2.75) is 12.8 Å². The summed E-state index contributed by atoms with van der Waals surface area (Å²) in [5.74, 6) is -0.250. The molecule has 0 bridgehead atoms. The average Bonchev–Trinajstić information content (AvgIpc) is 2.67. The van der Waals surface area contributed by atoms with Crippen molar-refractivity contribution < 1.29 is 9.13 Å². The zero-order valence-electron chi connectivity index (χ0n) is 8.37. The van der Waals surface area contributed by atoms with Gasteiger partial charge < -0.3 is 4.74 Å². The second-order valence-electron chi connectivity index (χ2n) is 4.00. The van der Waals surface area contributed by atoms with Gasteiger partial charge >= 0.3 is 0 Å². The minimum Gasteiger partial charge on any atom is -0.380 e. The van der Waals surface area contributed by atoms with Gasteiger partial charge in [-0.25, -0.2) is 4.39 Å². The number of hydrogen-bond acceptors (Lipinski definition) is 2. The molecule has 0 saturated carbocycles. The summed E-state index contributed by atoms with van der Waals surface area (Å²) >= 11 is 0. The van der Waals surface area contributed by atoms with Crippen LogP contribution in [0.4, 0.5) is 4.39 Å². The second kappa shape index (κ2) is 4.00. The number of nitrogens with zero attached hydrogens (tertiary/aromatic N) is 1. The van der Waals surface area contributed by atoms with Gasteiger partial charge in [-0.15, -0.1) is 0 Å². The molecule has 2 rings (SSSR count). The Bertz CT molecular complexity index is 391. The van der Waals surface area contributed by atoms with E-state index in [1.54, 1.807) is 6.07 Å². The van der Waals surface area contributed by atoms with Crippen LogP contribution < -0.4 is 0 Å². The Balaban J connectivity index is 2.17. The standard InChI is InChI=1S/C12H12FNO/c13-11-3-1-2-10(6-11)7-12(8-14)4-5-15-9-12/h1-3,6H,4-5,7,9H2. The van der Waals surface area contributed by atoms with E-state index in [4.69, 9.17) is 10.00 Å². The van der Waals surface area contributed by atoms with E-state index in [1.165, 1.54) is 12.1 Å². The second-order valence-corrected chi connectivity index (χ2v) is 4.00. The fraction of sp³-hybridized carbons (Fsp3) is 0.417. The van der Waals surface area contributed by atoms with Gasteiger partial charge in [0.2, 0.25) is 0 Å². The van der Waals surface area contributed by atoms with Gasteiger partial charge in [0.15, 0.2) is 0 Å². The first-order valence-electron chi connectivity index (χ1n) is 4.98. The van der Waals surface area contributed by atoms with Crippen molar-refractivity contribution in [1.29, 1.82) is 5.26 Å².